The zero-order valence-electron chi connectivity index (χ0n) is 16.4. The highest BCUT2D eigenvalue weighted by Gasteiger charge is 2.34. The highest BCUT2D eigenvalue weighted by Crippen LogP contribution is 2.42. The number of aliphatic imine (C=N–C) groups is 1. The SMILES string of the molecule is COc1cc(C2=NC(C)C(=O)c3[nH]ccc32)c2c(c1)N(C)CC(C(C)C)O2. The Balaban J connectivity index is 1.93. The summed E-state index contributed by atoms with van der Waals surface area (Å²) in [5.41, 5.74) is 4.03. The van der Waals surface area contributed by atoms with E-state index in [-0.39, 0.29) is 11.9 Å². The lowest BCUT2D eigenvalue weighted by molar-refractivity contribution is 0.0962. The quantitative estimate of drug-likeness (QED) is 0.904. The Bertz CT molecular complexity index is 929. The number of ketones is 1. The van der Waals surface area contributed by atoms with Crippen LogP contribution < -0.4 is 14.4 Å². The summed E-state index contributed by atoms with van der Waals surface area (Å²) < 4.78 is 12.0. The fourth-order valence-corrected chi connectivity index (χ4v) is 3.71. The third-order valence-electron chi connectivity index (χ3n) is 5.36. The van der Waals surface area contributed by atoms with Crippen molar-refractivity contribution in [1.29, 1.82) is 0 Å². The number of fused-ring (bicyclic) bond motifs is 2. The van der Waals surface area contributed by atoms with Gasteiger partial charge in [-0.2, -0.15) is 0 Å². The van der Waals surface area contributed by atoms with E-state index in [0.717, 1.165) is 40.6 Å². The molecule has 0 aliphatic carbocycles. The summed E-state index contributed by atoms with van der Waals surface area (Å²) in [4.78, 5) is 22.4. The highest BCUT2D eigenvalue weighted by atomic mass is 16.5. The molecule has 0 radical (unpaired) electrons. The van der Waals surface area contributed by atoms with Gasteiger partial charge >= 0.3 is 0 Å². The van der Waals surface area contributed by atoms with Crippen molar-refractivity contribution in [3.05, 3.63) is 41.2 Å². The number of hydrogen-bond donors (Lipinski definition) is 1. The van der Waals surface area contributed by atoms with E-state index in [1.54, 1.807) is 13.3 Å². The molecule has 6 heteroatoms. The van der Waals surface area contributed by atoms with Crippen LogP contribution in [0.2, 0.25) is 0 Å². The molecule has 0 amide bonds. The number of Topliss-reactive ketones (excluding diaryl/α,β-unsaturated/α-hetero) is 1. The Kier molecular flexibility index (Phi) is 4.21. The van der Waals surface area contributed by atoms with Gasteiger partial charge in [0.2, 0.25) is 5.78 Å². The number of rotatable bonds is 3. The normalized spacial score (nSPS) is 21.5. The van der Waals surface area contributed by atoms with Crippen LogP contribution in [0, 0.1) is 5.92 Å². The van der Waals surface area contributed by atoms with Gasteiger partial charge in [0.25, 0.3) is 0 Å². The number of hydrogen-bond acceptors (Lipinski definition) is 5. The maximum atomic E-state index is 12.5. The zero-order valence-corrected chi connectivity index (χ0v) is 16.4. The third kappa shape index (κ3) is 2.80. The van der Waals surface area contributed by atoms with Crippen LogP contribution in [0.3, 0.4) is 0 Å². The van der Waals surface area contributed by atoms with Gasteiger partial charge in [-0.3, -0.25) is 9.79 Å². The second-order valence-corrected chi connectivity index (χ2v) is 7.59. The lowest BCUT2D eigenvalue weighted by Gasteiger charge is -2.37. The van der Waals surface area contributed by atoms with Crippen LogP contribution in [0.25, 0.3) is 0 Å². The van der Waals surface area contributed by atoms with Crippen molar-refractivity contribution in [3.8, 4) is 11.5 Å². The second kappa shape index (κ2) is 6.44. The molecule has 0 fully saturated rings. The topological polar surface area (TPSA) is 66.9 Å². The number of anilines is 1. The van der Waals surface area contributed by atoms with Gasteiger partial charge in [-0.15, -0.1) is 0 Å². The number of ether oxygens (including phenoxy) is 2. The van der Waals surface area contributed by atoms with Crippen molar-refractivity contribution < 1.29 is 14.3 Å². The van der Waals surface area contributed by atoms with Gasteiger partial charge in [-0.25, -0.2) is 0 Å². The molecule has 0 bridgehead atoms. The first kappa shape index (κ1) is 17.6. The number of nitrogens with zero attached hydrogens (tertiary/aromatic N) is 2. The predicted molar refractivity (Wildman–Crippen MR) is 106 cm³/mol. The molecule has 4 rings (SSSR count). The fourth-order valence-electron chi connectivity index (χ4n) is 3.71. The van der Waals surface area contributed by atoms with Gasteiger partial charge in [0.15, 0.2) is 5.75 Å². The van der Waals surface area contributed by atoms with Gasteiger partial charge in [0.05, 0.1) is 30.7 Å². The van der Waals surface area contributed by atoms with Crippen molar-refractivity contribution in [3.63, 3.8) is 0 Å². The number of benzene rings is 1. The number of methoxy groups -OCH3 is 1. The maximum absolute atomic E-state index is 12.5. The van der Waals surface area contributed by atoms with E-state index in [0.29, 0.717) is 11.6 Å². The summed E-state index contributed by atoms with van der Waals surface area (Å²) in [6.45, 7) is 6.96. The van der Waals surface area contributed by atoms with Gasteiger partial charge < -0.3 is 19.4 Å². The molecule has 2 aliphatic rings. The summed E-state index contributed by atoms with van der Waals surface area (Å²) in [5.74, 6) is 1.93. The molecule has 2 aliphatic heterocycles. The molecule has 0 saturated carbocycles. The van der Waals surface area contributed by atoms with E-state index in [1.165, 1.54) is 0 Å². The average molecular weight is 367 g/mol. The summed E-state index contributed by atoms with van der Waals surface area (Å²) in [6.07, 6.45) is 1.87. The molecule has 6 nitrogen and oxygen atoms in total. The predicted octanol–water partition coefficient (Wildman–Crippen LogP) is 3.30. The molecule has 142 valence electrons. The molecule has 0 saturated heterocycles. The molecule has 0 spiro atoms. The molecule has 1 aromatic heterocycles. The summed E-state index contributed by atoms with van der Waals surface area (Å²) in [5, 5.41) is 0. The lowest BCUT2D eigenvalue weighted by Crippen LogP contribution is -2.41. The minimum absolute atomic E-state index is 0.00797. The molecule has 3 heterocycles. The second-order valence-electron chi connectivity index (χ2n) is 7.59. The summed E-state index contributed by atoms with van der Waals surface area (Å²) in [6, 6.07) is 5.41. The molecule has 2 atom stereocenters. The molecule has 2 unspecified atom stereocenters. The van der Waals surface area contributed by atoms with E-state index >= 15 is 0 Å². The zero-order chi connectivity index (χ0) is 19.3. The fraction of sp³-hybridized carbons (Fsp3) is 0.429. The minimum atomic E-state index is -0.435. The van der Waals surface area contributed by atoms with Crippen LogP contribution in [0.1, 0.15) is 42.4 Å². The molecular weight excluding hydrogens is 342 g/mol. The van der Waals surface area contributed by atoms with E-state index in [4.69, 9.17) is 14.5 Å². The first-order chi connectivity index (χ1) is 12.9. The average Bonchev–Trinajstić information content (AvgIpc) is 3.14. The van der Waals surface area contributed by atoms with E-state index in [1.807, 2.05) is 25.1 Å². The number of H-pyrrole nitrogens is 1. The van der Waals surface area contributed by atoms with Crippen LogP contribution in [0.4, 0.5) is 5.69 Å². The van der Waals surface area contributed by atoms with E-state index in [9.17, 15) is 4.79 Å². The number of carbonyl (C=O) groups is 1. The highest BCUT2D eigenvalue weighted by molar-refractivity contribution is 6.23. The van der Waals surface area contributed by atoms with Crippen molar-refractivity contribution in [2.45, 2.75) is 32.9 Å². The van der Waals surface area contributed by atoms with Crippen molar-refractivity contribution in [1.82, 2.24) is 4.98 Å². The van der Waals surface area contributed by atoms with Crippen molar-refractivity contribution >= 4 is 17.2 Å². The van der Waals surface area contributed by atoms with Crippen molar-refractivity contribution in [2.75, 3.05) is 25.6 Å². The summed E-state index contributed by atoms with van der Waals surface area (Å²) in [7, 11) is 3.72. The monoisotopic (exact) mass is 367 g/mol. The van der Waals surface area contributed by atoms with Gasteiger partial charge in [-0.1, -0.05) is 13.8 Å². The van der Waals surface area contributed by atoms with Crippen LogP contribution in [-0.4, -0.2) is 49.3 Å². The Morgan fingerprint density at radius 3 is 2.81 bits per heavy atom. The first-order valence-electron chi connectivity index (χ1n) is 9.30. The number of nitrogens with one attached hydrogen (secondary N) is 1. The van der Waals surface area contributed by atoms with Crippen LogP contribution in [0.5, 0.6) is 11.5 Å². The van der Waals surface area contributed by atoms with Crippen LogP contribution >= 0.6 is 0 Å². The molecule has 2 aromatic rings. The molecule has 1 aromatic carbocycles. The Morgan fingerprint density at radius 2 is 2.11 bits per heavy atom. The number of likely N-dealkylation sites (N-methyl/N-ethyl adjacent to an activating group) is 1. The maximum Gasteiger partial charge on any atom is 0.203 e. The standard InChI is InChI=1S/C21H25N3O3/c1-11(2)17-10-24(4)16-9-13(26-5)8-15(21(16)27-17)18-14-6-7-22-19(14)20(25)12(3)23-18/h6-9,11-12,17,22H,10H2,1-5H3. The Morgan fingerprint density at radius 1 is 1.33 bits per heavy atom. The lowest BCUT2D eigenvalue weighted by atomic mass is 9.93. The van der Waals surface area contributed by atoms with Gasteiger partial charge in [0, 0.05) is 30.4 Å². The Labute approximate surface area is 159 Å². The van der Waals surface area contributed by atoms with Crippen LogP contribution in [0.15, 0.2) is 29.4 Å². The minimum Gasteiger partial charge on any atom is -0.497 e. The number of carbonyl (C=O) groups excluding carboxylic acids is 1. The Hall–Kier alpha value is -2.76. The smallest absolute Gasteiger partial charge is 0.203 e. The first-order valence-corrected chi connectivity index (χ1v) is 9.30. The van der Waals surface area contributed by atoms with Crippen LogP contribution in [-0.2, 0) is 0 Å². The molecule has 27 heavy (non-hydrogen) atoms. The molecular formula is C21H25N3O3. The van der Waals surface area contributed by atoms with Gasteiger partial charge in [-0.05, 0) is 25.0 Å². The van der Waals surface area contributed by atoms with Crippen molar-refractivity contribution in [2.24, 2.45) is 10.9 Å². The molecule has 1 N–H and O–H groups in total. The van der Waals surface area contributed by atoms with Gasteiger partial charge in [0.1, 0.15) is 17.9 Å². The largest absolute Gasteiger partial charge is 0.497 e. The number of aromatic amines is 1. The third-order valence-corrected chi connectivity index (χ3v) is 5.36. The number of aromatic nitrogens is 1. The van der Waals surface area contributed by atoms with E-state index in [2.05, 4.69) is 30.8 Å². The summed E-state index contributed by atoms with van der Waals surface area (Å²) >= 11 is 0. The van der Waals surface area contributed by atoms with E-state index < -0.39 is 6.04 Å².